The van der Waals surface area contributed by atoms with Crippen LogP contribution in [0.2, 0.25) is 0 Å². The number of non-ortho nitro benzene ring substituents is 1. The van der Waals surface area contributed by atoms with Crippen molar-refractivity contribution >= 4 is 16.1 Å². The molecule has 1 atom stereocenters. The molecule has 0 bridgehead atoms. The zero-order valence-corrected chi connectivity index (χ0v) is 10.4. The van der Waals surface area contributed by atoms with Crippen molar-refractivity contribution < 1.29 is 26.8 Å². The van der Waals surface area contributed by atoms with E-state index in [0.29, 0.717) is 0 Å². The standard InChI is InChI=1S/C9H12N2O7S/c10-5-9(18-19(14,15)16)6-17-8-3-1-7(2-4-8)11(12)13/h1-4,9H,5-6,10H2,(H,14,15,16). The number of hydrogen-bond donors (Lipinski definition) is 2. The lowest BCUT2D eigenvalue weighted by molar-refractivity contribution is -0.384. The first-order valence-corrected chi connectivity index (χ1v) is 6.41. The van der Waals surface area contributed by atoms with Crippen LogP contribution in [-0.2, 0) is 14.6 Å². The summed E-state index contributed by atoms with van der Waals surface area (Å²) in [6.45, 7) is -0.416. The molecular formula is C9H12N2O7S. The highest BCUT2D eigenvalue weighted by atomic mass is 32.3. The molecule has 0 saturated heterocycles. The molecule has 106 valence electrons. The van der Waals surface area contributed by atoms with Crippen LogP contribution in [0.1, 0.15) is 0 Å². The summed E-state index contributed by atoms with van der Waals surface area (Å²) in [6, 6.07) is 5.16. The van der Waals surface area contributed by atoms with Crippen LogP contribution < -0.4 is 10.5 Å². The van der Waals surface area contributed by atoms with Crippen molar-refractivity contribution in [3.8, 4) is 5.75 Å². The summed E-state index contributed by atoms with van der Waals surface area (Å²) in [7, 11) is -4.61. The Balaban J connectivity index is 2.57. The van der Waals surface area contributed by atoms with E-state index in [0.717, 1.165) is 0 Å². The highest BCUT2D eigenvalue weighted by Gasteiger charge is 2.16. The maximum atomic E-state index is 10.5. The minimum Gasteiger partial charge on any atom is -0.491 e. The SMILES string of the molecule is NCC(COc1ccc([N+](=O)[O-])cc1)OS(=O)(=O)O. The number of nitrogens with two attached hydrogens (primary N) is 1. The van der Waals surface area contributed by atoms with Gasteiger partial charge in [-0.3, -0.25) is 14.7 Å². The van der Waals surface area contributed by atoms with Gasteiger partial charge >= 0.3 is 10.4 Å². The van der Waals surface area contributed by atoms with Gasteiger partial charge in [-0.05, 0) is 12.1 Å². The Morgan fingerprint density at radius 2 is 1.95 bits per heavy atom. The average Bonchev–Trinajstić information content (AvgIpc) is 2.33. The van der Waals surface area contributed by atoms with Gasteiger partial charge in [0, 0.05) is 18.7 Å². The van der Waals surface area contributed by atoms with Crippen molar-refractivity contribution in [2.24, 2.45) is 5.73 Å². The van der Waals surface area contributed by atoms with Gasteiger partial charge in [-0.1, -0.05) is 0 Å². The Kier molecular flexibility index (Phi) is 5.18. The second kappa shape index (κ2) is 6.43. The highest BCUT2D eigenvalue weighted by molar-refractivity contribution is 7.80. The maximum absolute atomic E-state index is 10.5. The Bertz CT molecular complexity index is 528. The monoisotopic (exact) mass is 292 g/mol. The molecule has 0 fully saturated rings. The second-order valence-corrected chi connectivity index (χ2v) is 4.49. The summed E-state index contributed by atoms with van der Waals surface area (Å²) < 4.78 is 38.8. The van der Waals surface area contributed by atoms with Gasteiger partial charge in [-0.15, -0.1) is 0 Å². The summed E-state index contributed by atoms with van der Waals surface area (Å²) >= 11 is 0. The van der Waals surface area contributed by atoms with E-state index in [-0.39, 0.29) is 24.6 Å². The summed E-state index contributed by atoms with van der Waals surface area (Å²) in [5.41, 5.74) is 5.14. The molecule has 0 amide bonds. The summed E-state index contributed by atoms with van der Waals surface area (Å²) in [6.07, 6.45) is -1.05. The van der Waals surface area contributed by atoms with Crippen LogP contribution in [-0.4, -0.2) is 37.1 Å². The first-order valence-electron chi connectivity index (χ1n) is 5.05. The third kappa shape index (κ3) is 5.61. The van der Waals surface area contributed by atoms with Crippen LogP contribution >= 0.6 is 0 Å². The topological polar surface area (TPSA) is 142 Å². The molecule has 1 aromatic rings. The molecule has 0 aliphatic carbocycles. The van der Waals surface area contributed by atoms with Crippen molar-refractivity contribution in [2.45, 2.75) is 6.10 Å². The molecule has 1 unspecified atom stereocenters. The molecule has 0 aromatic heterocycles. The van der Waals surface area contributed by atoms with E-state index in [1.165, 1.54) is 24.3 Å². The van der Waals surface area contributed by atoms with Crippen LogP contribution in [0.4, 0.5) is 5.69 Å². The van der Waals surface area contributed by atoms with Gasteiger partial charge in [-0.2, -0.15) is 8.42 Å². The van der Waals surface area contributed by atoms with Crippen LogP contribution in [0.5, 0.6) is 5.75 Å². The lowest BCUT2D eigenvalue weighted by Crippen LogP contribution is -2.32. The van der Waals surface area contributed by atoms with Crippen molar-refractivity contribution in [3.63, 3.8) is 0 Å². The van der Waals surface area contributed by atoms with Crippen LogP contribution in [0.25, 0.3) is 0 Å². The quantitative estimate of drug-likeness (QED) is 0.410. The summed E-state index contributed by atoms with van der Waals surface area (Å²) in [5, 5.41) is 10.4. The van der Waals surface area contributed by atoms with E-state index < -0.39 is 21.4 Å². The van der Waals surface area contributed by atoms with Crippen molar-refractivity contribution in [1.29, 1.82) is 0 Å². The van der Waals surface area contributed by atoms with E-state index in [4.69, 9.17) is 15.0 Å². The fourth-order valence-corrected chi connectivity index (χ4v) is 1.64. The third-order valence-electron chi connectivity index (χ3n) is 2.00. The van der Waals surface area contributed by atoms with Gasteiger partial charge in [0.2, 0.25) is 0 Å². The second-order valence-electron chi connectivity index (χ2n) is 3.44. The van der Waals surface area contributed by atoms with Gasteiger partial charge in [0.05, 0.1) is 4.92 Å². The van der Waals surface area contributed by atoms with E-state index in [2.05, 4.69) is 4.18 Å². The Morgan fingerprint density at radius 3 is 2.37 bits per heavy atom. The lowest BCUT2D eigenvalue weighted by Gasteiger charge is -2.14. The fraction of sp³-hybridized carbons (Fsp3) is 0.333. The molecule has 0 spiro atoms. The predicted molar refractivity (Wildman–Crippen MR) is 64.1 cm³/mol. The van der Waals surface area contributed by atoms with Gasteiger partial charge < -0.3 is 10.5 Å². The molecule has 0 radical (unpaired) electrons. The normalized spacial score (nSPS) is 12.9. The number of hydrogen-bond acceptors (Lipinski definition) is 7. The third-order valence-corrected chi connectivity index (χ3v) is 2.52. The minimum atomic E-state index is -4.61. The van der Waals surface area contributed by atoms with Gasteiger partial charge in [0.25, 0.3) is 5.69 Å². The van der Waals surface area contributed by atoms with Crippen molar-refractivity contribution in [2.75, 3.05) is 13.2 Å². The first-order chi connectivity index (χ1) is 8.81. The molecular weight excluding hydrogens is 280 g/mol. The first kappa shape index (κ1) is 15.3. The molecule has 1 aromatic carbocycles. The Labute approximate surface area is 109 Å². The number of ether oxygens (including phenoxy) is 1. The van der Waals surface area contributed by atoms with E-state index in [1.807, 2.05) is 0 Å². The largest absolute Gasteiger partial charge is 0.491 e. The summed E-state index contributed by atoms with van der Waals surface area (Å²) in [5.74, 6) is 0.281. The van der Waals surface area contributed by atoms with E-state index in [1.54, 1.807) is 0 Å². The highest BCUT2D eigenvalue weighted by Crippen LogP contribution is 2.17. The molecule has 9 nitrogen and oxygen atoms in total. The average molecular weight is 292 g/mol. The maximum Gasteiger partial charge on any atom is 0.397 e. The Morgan fingerprint density at radius 1 is 1.37 bits per heavy atom. The fourth-order valence-electron chi connectivity index (χ4n) is 1.16. The van der Waals surface area contributed by atoms with Gasteiger partial charge in [0.15, 0.2) is 0 Å². The lowest BCUT2D eigenvalue weighted by atomic mass is 10.3. The molecule has 19 heavy (non-hydrogen) atoms. The molecule has 3 N–H and O–H groups in total. The Hall–Kier alpha value is -1.75. The number of nitrogens with zero attached hydrogens (tertiary/aromatic N) is 1. The van der Waals surface area contributed by atoms with Crippen molar-refractivity contribution in [1.82, 2.24) is 0 Å². The van der Waals surface area contributed by atoms with Gasteiger partial charge in [0.1, 0.15) is 18.5 Å². The minimum absolute atomic E-state index is 0.100. The molecule has 0 saturated carbocycles. The zero-order valence-electron chi connectivity index (χ0n) is 9.63. The zero-order chi connectivity index (χ0) is 14.5. The molecule has 0 aliphatic heterocycles. The van der Waals surface area contributed by atoms with E-state index in [9.17, 15) is 18.5 Å². The molecule has 10 heteroatoms. The van der Waals surface area contributed by atoms with Crippen LogP contribution in [0, 0.1) is 10.1 Å². The molecule has 0 heterocycles. The summed E-state index contributed by atoms with van der Waals surface area (Å²) in [4.78, 5) is 9.85. The predicted octanol–water partition coefficient (Wildman–Crippen LogP) is 0.120. The molecule has 1 rings (SSSR count). The number of nitro groups is 1. The number of nitro benzene ring substituents is 1. The van der Waals surface area contributed by atoms with Gasteiger partial charge in [-0.25, -0.2) is 4.18 Å². The van der Waals surface area contributed by atoms with Crippen LogP contribution in [0.15, 0.2) is 24.3 Å². The van der Waals surface area contributed by atoms with E-state index >= 15 is 0 Å². The van der Waals surface area contributed by atoms with Crippen molar-refractivity contribution in [3.05, 3.63) is 34.4 Å². The smallest absolute Gasteiger partial charge is 0.397 e. The number of rotatable bonds is 7. The van der Waals surface area contributed by atoms with Crippen LogP contribution in [0.3, 0.4) is 0 Å². The number of benzene rings is 1. The molecule has 0 aliphatic rings.